The van der Waals surface area contributed by atoms with Crippen molar-refractivity contribution in [2.24, 2.45) is 16.1 Å². The van der Waals surface area contributed by atoms with Crippen LogP contribution in [0.1, 0.15) is 18.9 Å². The monoisotopic (exact) mass is 356 g/mol. The Morgan fingerprint density at radius 3 is 2.46 bits per heavy atom. The summed E-state index contributed by atoms with van der Waals surface area (Å²) in [6.07, 6.45) is -0.0802. The van der Waals surface area contributed by atoms with Crippen LogP contribution in [-0.4, -0.2) is 35.5 Å². The minimum absolute atomic E-state index is 0.219. The van der Waals surface area contributed by atoms with Gasteiger partial charge in [0, 0.05) is 0 Å². The van der Waals surface area contributed by atoms with E-state index in [0.717, 1.165) is 11.3 Å². The molecule has 0 aromatic heterocycles. The maximum atomic E-state index is 11.7. The number of aliphatic hydroxyl groups is 2. The maximum Gasteiger partial charge on any atom is 0.313 e. The summed E-state index contributed by atoms with van der Waals surface area (Å²) in [6.45, 7) is 1.47. The van der Waals surface area contributed by atoms with Crippen molar-refractivity contribution >= 4 is 17.3 Å². The van der Waals surface area contributed by atoms with Crippen LogP contribution in [0.3, 0.4) is 0 Å². The van der Waals surface area contributed by atoms with Gasteiger partial charge in [0.1, 0.15) is 5.92 Å². The van der Waals surface area contributed by atoms with E-state index in [1.165, 1.54) is 0 Å². The molecule has 2 N–H and O–H groups in total. The molecular formula is C20H24N2O4. The van der Waals surface area contributed by atoms with Crippen molar-refractivity contribution in [3.63, 3.8) is 0 Å². The van der Waals surface area contributed by atoms with Crippen molar-refractivity contribution in [1.29, 1.82) is 0 Å². The minimum atomic E-state index is -0.964. The van der Waals surface area contributed by atoms with Gasteiger partial charge in [0.15, 0.2) is 0 Å². The van der Waals surface area contributed by atoms with Crippen molar-refractivity contribution in [2.45, 2.75) is 25.9 Å². The second-order valence-electron chi connectivity index (χ2n) is 5.85. The summed E-state index contributed by atoms with van der Waals surface area (Å²) in [7, 11) is 0. The summed E-state index contributed by atoms with van der Waals surface area (Å²) in [5.74, 6) is -1.50. The molecule has 0 aliphatic heterocycles. The molecule has 0 fully saturated rings. The Hall–Kier alpha value is -2.57. The molecule has 0 amide bonds. The topological polar surface area (TPSA) is 91.5 Å². The minimum Gasteiger partial charge on any atom is -0.466 e. The maximum absolute atomic E-state index is 11.7. The molecule has 0 radical (unpaired) electrons. The summed E-state index contributed by atoms with van der Waals surface area (Å²) in [5, 5.41) is 27.9. The van der Waals surface area contributed by atoms with Gasteiger partial charge in [-0.3, -0.25) is 4.79 Å². The molecule has 138 valence electrons. The predicted molar refractivity (Wildman–Crippen MR) is 98.6 cm³/mol. The first-order valence-corrected chi connectivity index (χ1v) is 8.65. The Bertz CT molecular complexity index is 719. The second-order valence-corrected chi connectivity index (χ2v) is 5.85. The quantitative estimate of drug-likeness (QED) is 0.531. The van der Waals surface area contributed by atoms with E-state index in [-0.39, 0.29) is 6.61 Å². The lowest BCUT2D eigenvalue weighted by Crippen LogP contribution is -2.33. The summed E-state index contributed by atoms with van der Waals surface area (Å²) in [6, 6.07) is 17.0. The zero-order valence-corrected chi connectivity index (χ0v) is 14.8. The van der Waals surface area contributed by atoms with E-state index >= 15 is 0 Å². The van der Waals surface area contributed by atoms with Gasteiger partial charge in [-0.25, -0.2) is 0 Å². The molecule has 6 heteroatoms. The van der Waals surface area contributed by atoms with Gasteiger partial charge in [-0.2, -0.15) is 10.2 Å². The van der Waals surface area contributed by atoms with Crippen LogP contribution in [0.5, 0.6) is 0 Å². The summed E-state index contributed by atoms with van der Waals surface area (Å²) in [4.78, 5) is 11.7. The largest absolute Gasteiger partial charge is 0.466 e. The van der Waals surface area contributed by atoms with Gasteiger partial charge in [-0.05, 0) is 49.6 Å². The number of esters is 1. The van der Waals surface area contributed by atoms with Crippen LogP contribution < -0.4 is 0 Å². The number of ether oxygens (including phenoxy) is 1. The highest BCUT2D eigenvalue weighted by Gasteiger charge is 2.27. The van der Waals surface area contributed by atoms with E-state index in [2.05, 4.69) is 10.2 Å². The number of carbonyl (C=O) groups excluding carboxylic acids is 1. The van der Waals surface area contributed by atoms with E-state index in [1.54, 1.807) is 6.92 Å². The number of benzene rings is 2. The van der Waals surface area contributed by atoms with Gasteiger partial charge in [-0.1, -0.05) is 30.3 Å². The van der Waals surface area contributed by atoms with Crippen LogP contribution in [0.25, 0.3) is 0 Å². The van der Waals surface area contributed by atoms with Gasteiger partial charge in [0.2, 0.25) is 0 Å². The fourth-order valence-electron chi connectivity index (χ4n) is 2.50. The van der Waals surface area contributed by atoms with Gasteiger partial charge in [0.25, 0.3) is 0 Å². The highest BCUT2D eigenvalue weighted by atomic mass is 16.5. The molecule has 26 heavy (non-hydrogen) atoms. The van der Waals surface area contributed by atoms with Gasteiger partial charge >= 0.3 is 5.97 Å². The molecule has 6 nitrogen and oxygen atoms in total. The van der Waals surface area contributed by atoms with Gasteiger partial charge in [0.05, 0.1) is 30.7 Å². The smallest absolute Gasteiger partial charge is 0.313 e. The van der Waals surface area contributed by atoms with E-state index in [0.29, 0.717) is 18.5 Å². The van der Waals surface area contributed by atoms with E-state index in [9.17, 15) is 15.0 Å². The molecule has 0 aliphatic rings. The molecule has 2 rings (SSSR count). The first-order chi connectivity index (χ1) is 12.6. The summed E-state index contributed by atoms with van der Waals surface area (Å²) >= 11 is 0. The Morgan fingerprint density at radius 1 is 1.08 bits per heavy atom. The van der Waals surface area contributed by atoms with Gasteiger partial charge < -0.3 is 14.9 Å². The van der Waals surface area contributed by atoms with Crippen LogP contribution in [0, 0.1) is 5.92 Å². The fraction of sp³-hybridized carbons (Fsp3) is 0.350. The molecular weight excluding hydrogens is 332 g/mol. The van der Waals surface area contributed by atoms with Crippen LogP contribution in [0.4, 0.5) is 11.4 Å². The third kappa shape index (κ3) is 6.06. The standard InChI is InChI=1S/C20H24N2O4/c1-2-26-20(25)18(14-23)19(24)12-11-15-7-6-10-17(13-15)22-21-16-8-4-3-5-9-16/h3-10,13,18-19,23-24H,2,11-12,14H2,1H3/t18-,19-/m1/s1. The molecule has 2 aromatic rings. The zero-order chi connectivity index (χ0) is 18.8. The fourth-order valence-corrected chi connectivity index (χ4v) is 2.50. The van der Waals surface area contributed by atoms with Crippen LogP contribution in [-0.2, 0) is 16.0 Å². The van der Waals surface area contributed by atoms with E-state index in [4.69, 9.17) is 4.74 Å². The highest BCUT2D eigenvalue weighted by Crippen LogP contribution is 2.21. The number of aliphatic hydroxyl groups excluding tert-OH is 2. The molecule has 0 aliphatic carbocycles. The third-order valence-corrected chi connectivity index (χ3v) is 3.93. The Morgan fingerprint density at radius 2 is 1.77 bits per heavy atom. The van der Waals surface area contributed by atoms with Crippen molar-refractivity contribution in [1.82, 2.24) is 0 Å². The molecule has 2 atom stereocenters. The molecule has 0 saturated carbocycles. The zero-order valence-electron chi connectivity index (χ0n) is 14.8. The van der Waals surface area contributed by atoms with Crippen LogP contribution in [0.15, 0.2) is 64.8 Å². The molecule has 0 heterocycles. The molecule has 0 unspecified atom stereocenters. The number of hydrogen-bond acceptors (Lipinski definition) is 6. The number of aryl methyl sites for hydroxylation is 1. The van der Waals surface area contributed by atoms with E-state index < -0.39 is 24.6 Å². The predicted octanol–water partition coefficient (Wildman–Crippen LogP) is 3.57. The van der Waals surface area contributed by atoms with Crippen LogP contribution in [0.2, 0.25) is 0 Å². The van der Waals surface area contributed by atoms with E-state index in [1.807, 2.05) is 54.6 Å². The highest BCUT2D eigenvalue weighted by molar-refractivity contribution is 5.73. The molecule has 2 aromatic carbocycles. The number of hydrogen-bond donors (Lipinski definition) is 2. The summed E-state index contributed by atoms with van der Waals surface area (Å²) in [5.41, 5.74) is 2.45. The van der Waals surface area contributed by atoms with Gasteiger partial charge in [-0.15, -0.1) is 0 Å². The normalized spacial score (nSPS) is 13.5. The number of carbonyl (C=O) groups is 1. The van der Waals surface area contributed by atoms with Crippen LogP contribution >= 0.6 is 0 Å². The third-order valence-electron chi connectivity index (χ3n) is 3.93. The molecule has 0 saturated heterocycles. The van der Waals surface area contributed by atoms with Crippen molar-refractivity contribution in [3.05, 3.63) is 60.2 Å². The molecule has 0 bridgehead atoms. The Kier molecular flexibility index (Phi) is 7.92. The first-order valence-electron chi connectivity index (χ1n) is 8.65. The lowest BCUT2D eigenvalue weighted by Gasteiger charge is -2.19. The average Bonchev–Trinajstić information content (AvgIpc) is 2.67. The lowest BCUT2D eigenvalue weighted by atomic mass is 9.97. The average molecular weight is 356 g/mol. The SMILES string of the molecule is CCOC(=O)[C@H](CO)[C@H](O)CCc1cccc(N=Nc2ccccc2)c1. The Labute approximate surface area is 153 Å². The number of rotatable bonds is 9. The molecule has 0 spiro atoms. The number of azo groups is 1. The first kappa shape index (κ1) is 19.8. The van der Waals surface area contributed by atoms with Crippen molar-refractivity contribution in [2.75, 3.05) is 13.2 Å². The van der Waals surface area contributed by atoms with Crippen molar-refractivity contribution in [3.8, 4) is 0 Å². The lowest BCUT2D eigenvalue weighted by molar-refractivity contribution is -0.154. The Balaban J connectivity index is 1.95. The number of nitrogens with zero attached hydrogens (tertiary/aromatic N) is 2. The van der Waals surface area contributed by atoms with Crippen molar-refractivity contribution < 1.29 is 19.7 Å². The summed E-state index contributed by atoms with van der Waals surface area (Å²) < 4.78 is 4.87. The second kappa shape index (κ2) is 10.4.